The summed E-state index contributed by atoms with van der Waals surface area (Å²) in [7, 11) is 0. The molecule has 0 aromatic carbocycles. The van der Waals surface area contributed by atoms with Crippen LogP contribution in [0.25, 0.3) is 0 Å². The van der Waals surface area contributed by atoms with Gasteiger partial charge in [0.05, 0.1) is 0 Å². The van der Waals surface area contributed by atoms with Crippen LogP contribution in [0.1, 0.15) is 38.9 Å². The fraction of sp³-hybridized carbons (Fsp3) is 0.667. The van der Waals surface area contributed by atoms with Crippen LogP contribution in [0.3, 0.4) is 0 Å². The van der Waals surface area contributed by atoms with E-state index in [0.29, 0.717) is 11.7 Å². The highest BCUT2D eigenvalue weighted by Gasteiger charge is 2.05. The van der Waals surface area contributed by atoms with Crippen LogP contribution in [0.4, 0.5) is 11.6 Å². The van der Waals surface area contributed by atoms with E-state index >= 15 is 0 Å². The van der Waals surface area contributed by atoms with Gasteiger partial charge in [-0.1, -0.05) is 20.8 Å². The van der Waals surface area contributed by atoms with Gasteiger partial charge >= 0.3 is 0 Å². The van der Waals surface area contributed by atoms with Crippen LogP contribution in [-0.2, 0) is 0 Å². The first kappa shape index (κ1) is 14.1. The highest BCUT2D eigenvalue weighted by Crippen LogP contribution is 2.15. The Morgan fingerprint density at radius 2 is 2.18 bits per heavy atom. The van der Waals surface area contributed by atoms with Crippen molar-refractivity contribution < 1.29 is 0 Å². The summed E-state index contributed by atoms with van der Waals surface area (Å²) in [5.74, 6) is 4.83. The molecule has 0 saturated carbocycles. The Kier molecular flexibility index (Phi) is 6.11. The molecule has 1 rings (SSSR count). The number of nitrogens with zero attached hydrogens (tertiary/aromatic N) is 2. The van der Waals surface area contributed by atoms with Crippen molar-refractivity contribution in [2.75, 3.05) is 29.1 Å². The van der Waals surface area contributed by atoms with Crippen molar-refractivity contribution in [3.8, 4) is 0 Å². The Hall–Kier alpha value is -0.970. The zero-order valence-corrected chi connectivity index (χ0v) is 11.7. The molecule has 1 aromatic rings. The molecule has 0 radical (unpaired) electrons. The van der Waals surface area contributed by atoms with Gasteiger partial charge in [0.15, 0.2) is 0 Å². The standard InChI is InChI=1S/C12H22N4S/c1-4-17-7-5-6-14-11-8-10(13)15-12(16-11)9(2)3/h8-9H,4-7H2,1-3H3,(H3,13,14,15,16). The molecule has 0 aliphatic carbocycles. The van der Waals surface area contributed by atoms with Crippen LogP contribution in [-0.4, -0.2) is 28.0 Å². The Morgan fingerprint density at radius 3 is 2.82 bits per heavy atom. The normalized spacial score (nSPS) is 10.8. The van der Waals surface area contributed by atoms with Crippen LogP contribution in [0, 0.1) is 0 Å². The lowest BCUT2D eigenvalue weighted by atomic mass is 10.2. The Labute approximate surface area is 108 Å². The highest BCUT2D eigenvalue weighted by molar-refractivity contribution is 7.99. The first-order valence-corrected chi connectivity index (χ1v) is 7.25. The second-order valence-electron chi connectivity index (χ2n) is 4.17. The third-order valence-electron chi connectivity index (χ3n) is 2.26. The van der Waals surface area contributed by atoms with Crippen molar-refractivity contribution in [2.45, 2.75) is 33.1 Å². The molecule has 0 atom stereocenters. The van der Waals surface area contributed by atoms with Crippen molar-refractivity contribution >= 4 is 23.4 Å². The van der Waals surface area contributed by atoms with Crippen molar-refractivity contribution in [2.24, 2.45) is 0 Å². The third-order valence-corrected chi connectivity index (χ3v) is 3.24. The van der Waals surface area contributed by atoms with E-state index in [0.717, 1.165) is 24.6 Å². The zero-order chi connectivity index (χ0) is 12.7. The molecule has 1 heterocycles. The maximum absolute atomic E-state index is 5.75. The maximum Gasteiger partial charge on any atom is 0.135 e. The molecule has 17 heavy (non-hydrogen) atoms. The summed E-state index contributed by atoms with van der Waals surface area (Å²) < 4.78 is 0. The fourth-order valence-corrected chi connectivity index (χ4v) is 2.01. The molecule has 0 saturated heterocycles. The summed E-state index contributed by atoms with van der Waals surface area (Å²) in [6.07, 6.45) is 1.14. The molecule has 0 aliphatic heterocycles. The van der Waals surface area contributed by atoms with Crippen molar-refractivity contribution in [3.05, 3.63) is 11.9 Å². The molecule has 0 aliphatic rings. The van der Waals surface area contributed by atoms with Crippen LogP contribution >= 0.6 is 11.8 Å². The Balaban J connectivity index is 2.47. The molecule has 0 unspecified atom stereocenters. The van der Waals surface area contributed by atoms with Crippen LogP contribution in [0.15, 0.2) is 6.07 Å². The molecular weight excluding hydrogens is 232 g/mol. The molecule has 96 valence electrons. The predicted octanol–water partition coefficient (Wildman–Crippen LogP) is 2.74. The van der Waals surface area contributed by atoms with Gasteiger partial charge in [-0.2, -0.15) is 11.8 Å². The number of hydrogen-bond donors (Lipinski definition) is 2. The molecular formula is C12H22N4S. The average Bonchev–Trinajstić information content (AvgIpc) is 2.28. The molecule has 4 nitrogen and oxygen atoms in total. The monoisotopic (exact) mass is 254 g/mol. The van der Waals surface area contributed by atoms with Gasteiger partial charge in [0.1, 0.15) is 17.5 Å². The van der Waals surface area contributed by atoms with Crippen molar-refractivity contribution in [1.29, 1.82) is 0 Å². The molecule has 0 amide bonds. The van der Waals surface area contributed by atoms with E-state index in [1.165, 1.54) is 11.5 Å². The average molecular weight is 254 g/mol. The lowest BCUT2D eigenvalue weighted by Gasteiger charge is -2.09. The number of aromatic nitrogens is 2. The number of hydrogen-bond acceptors (Lipinski definition) is 5. The van der Waals surface area contributed by atoms with E-state index in [-0.39, 0.29) is 0 Å². The van der Waals surface area contributed by atoms with Gasteiger partial charge in [-0.25, -0.2) is 9.97 Å². The van der Waals surface area contributed by atoms with E-state index in [1.807, 2.05) is 11.8 Å². The van der Waals surface area contributed by atoms with Gasteiger partial charge in [0.2, 0.25) is 0 Å². The topological polar surface area (TPSA) is 63.8 Å². The van der Waals surface area contributed by atoms with Gasteiger partial charge in [0.25, 0.3) is 0 Å². The zero-order valence-electron chi connectivity index (χ0n) is 10.9. The Bertz CT molecular complexity index is 341. The van der Waals surface area contributed by atoms with Crippen molar-refractivity contribution in [3.63, 3.8) is 0 Å². The summed E-state index contributed by atoms with van der Waals surface area (Å²) >= 11 is 1.96. The maximum atomic E-state index is 5.75. The van der Waals surface area contributed by atoms with Crippen LogP contribution < -0.4 is 11.1 Å². The second-order valence-corrected chi connectivity index (χ2v) is 5.56. The molecule has 1 aromatic heterocycles. The highest BCUT2D eigenvalue weighted by atomic mass is 32.2. The number of thioether (sulfide) groups is 1. The lowest BCUT2D eigenvalue weighted by molar-refractivity contribution is 0.776. The second kappa shape index (κ2) is 7.37. The molecule has 0 fully saturated rings. The van der Waals surface area contributed by atoms with Crippen molar-refractivity contribution in [1.82, 2.24) is 9.97 Å². The summed E-state index contributed by atoms with van der Waals surface area (Å²) in [4.78, 5) is 8.66. The van der Waals surface area contributed by atoms with E-state index in [2.05, 4.69) is 36.1 Å². The quantitative estimate of drug-likeness (QED) is 0.733. The minimum Gasteiger partial charge on any atom is -0.384 e. The smallest absolute Gasteiger partial charge is 0.135 e. The molecule has 0 spiro atoms. The largest absolute Gasteiger partial charge is 0.384 e. The number of rotatable bonds is 7. The van der Waals surface area contributed by atoms with Crippen LogP contribution in [0.2, 0.25) is 0 Å². The number of anilines is 2. The van der Waals surface area contributed by atoms with Gasteiger partial charge in [-0.05, 0) is 17.9 Å². The van der Waals surface area contributed by atoms with Crippen LogP contribution in [0.5, 0.6) is 0 Å². The van der Waals surface area contributed by atoms with Gasteiger partial charge in [-0.15, -0.1) is 0 Å². The number of nitrogens with two attached hydrogens (primary N) is 1. The first-order chi connectivity index (χ1) is 8.13. The Morgan fingerprint density at radius 1 is 1.41 bits per heavy atom. The number of nitrogens with one attached hydrogen (secondary N) is 1. The van der Waals surface area contributed by atoms with Gasteiger partial charge in [-0.3, -0.25) is 0 Å². The molecule has 3 N–H and O–H groups in total. The lowest BCUT2D eigenvalue weighted by Crippen LogP contribution is -2.09. The molecule has 0 bridgehead atoms. The minimum absolute atomic E-state index is 0.301. The molecule has 5 heteroatoms. The van der Waals surface area contributed by atoms with E-state index in [9.17, 15) is 0 Å². The predicted molar refractivity (Wildman–Crippen MR) is 76.6 cm³/mol. The first-order valence-electron chi connectivity index (χ1n) is 6.09. The third kappa shape index (κ3) is 5.26. The summed E-state index contributed by atoms with van der Waals surface area (Å²) in [6.45, 7) is 7.24. The summed E-state index contributed by atoms with van der Waals surface area (Å²) in [6, 6.07) is 1.79. The van der Waals surface area contributed by atoms with Gasteiger partial charge < -0.3 is 11.1 Å². The SMILES string of the molecule is CCSCCCNc1cc(N)nc(C(C)C)n1. The summed E-state index contributed by atoms with van der Waals surface area (Å²) in [5.41, 5.74) is 5.75. The number of nitrogen functional groups attached to an aromatic ring is 1. The van der Waals surface area contributed by atoms with E-state index in [4.69, 9.17) is 5.73 Å². The minimum atomic E-state index is 0.301. The van der Waals surface area contributed by atoms with Gasteiger partial charge in [0, 0.05) is 18.5 Å². The summed E-state index contributed by atoms with van der Waals surface area (Å²) in [5, 5.41) is 3.30. The fourth-order valence-electron chi connectivity index (χ4n) is 1.37. The van der Waals surface area contributed by atoms with E-state index in [1.54, 1.807) is 6.07 Å². The van der Waals surface area contributed by atoms with E-state index < -0.39 is 0 Å².